The lowest BCUT2D eigenvalue weighted by Crippen LogP contribution is -2.31. The van der Waals surface area contributed by atoms with Crippen molar-refractivity contribution in [2.75, 3.05) is 6.54 Å². The molecule has 0 spiro atoms. The molecule has 3 aromatic heterocycles. The third kappa shape index (κ3) is 2.14. The van der Waals surface area contributed by atoms with Crippen LogP contribution in [0.3, 0.4) is 0 Å². The van der Waals surface area contributed by atoms with E-state index >= 15 is 0 Å². The smallest absolute Gasteiger partial charge is 0.268 e. The Bertz CT molecular complexity index is 955. The van der Waals surface area contributed by atoms with E-state index in [0.29, 0.717) is 4.70 Å². The lowest BCUT2D eigenvalue weighted by atomic mass is 10.0. The molecule has 6 nitrogen and oxygen atoms in total. The first-order valence-corrected chi connectivity index (χ1v) is 8.78. The molecule has 1 aliphatic carbocycles. The van der Waals surface area contributed by atoms with Crippen LogP contribution in [0.25, 0.3) is 20.7 Å². The Morgan fingerprint density at radius 2 is 2.22 bits per heavy atom. The predicted molar refractivity (Wildman–Crippen MR) is 89.5 cm³/mol. The van der Waals surface area contributed by atoms with Gasteiger partial charge in [-0.25, -0.2) is 4.98 Å². The molecular formula is C16H17N5OS. The SMILES string of the molecule is Cc1[nH]ncc1-c1cc2nc(C3CC4C[C@H]4CN3)[nH]c(=O)c2s1. The van der Waals surface area contributed by atoms with Gasteiger partial charge in [0.05, 0.1) is 17.8 Å². The quantitative estimate of drug-likeness (QED) is 0.674. The van der Waals surface area contributed by atoms with Gasteiger partial charge in [0.1, 0.15) is 10.5 Å². The fraction of sp³-hybridized carbons (Fsp3) is 0.438. The van der Waals surface area contributed by atoms with Gasteiger partial charge in [-0.05, 0) is 44.2 Å². The van der Waals surface area contributed by atoms with E-state index in [1.807, 2.05) is 13.0 Å². The highest BCUT2D eigenvalue weighted by molar-refractivity contribution is 7.22. The maximum Gasteiger partial charge on any atom is 0.268 e. The number of aryl methyl sites for hydroxylation is 1. The molecule has 3 aromatic rings. The van der Waals surface area contributed by atoms with E-state index < -0.39 is 0 Å². The Morgan fingerprint density at radius 3 is 3.00 bits per heavy atom. The number of H-pyrrole nitrogens is 2. The van der Waals surface area contributed by atoms with E-state index in [9.17, 15) is 4.79 Å². The van der Waals surface area contributed by atoms with Crippen molar-refractivity contribution in [1.29, 1.82) is 0 Å². The zero-order chi connectivity index (χ0) is 15.6. The summed E-state index contributed by atoms with van der Waals surface area (Å²) in [6.45, 7) is 3.02. The second kappa shape index (κ2) is 4.75. The standard InChI is InChI=1S/C16H17N5OS/c1-7-10(6-18-21-7)13-4-11-14(23-13)16(22)20-15(19-11)12-3-8-2-9(8)5-17-12/h4,6,8-9,12,17H,2-3,5H2,1H3,(H,18,21)(H,19,20,22)/t8?,9-,12?/m0/s1. The van der Waals surface area contributed by atoms with Gasteiger partial charge in [0.15, 0.2) is 0 Å². The van der Waals surface area contributed by atoms with Crippen LogP contribution in [0.4, 0.5) is 0 Å². The Kier molecular flexibility index (Phi) is 2.78. The first kappa shape index (κ1) is 13.4. The minimum absolute atomic E-state index is 0.0397. The Balaban J connectivity index is 1.58. The van der Waals surface area contributed by atoms with E-state index in [2.05, 4.69) is 20.5 Å². The molecule has 3 N–H and O–H groups in total. The zero-order valence-corrected chi connectivity index (χ0v) is 13.5. The summed E-state index contributed by atoms with van der Waals surface area (Å²) >= 11 is 1.47. The van der Waals surface area contributed by atoms with Gasteiger partial charge in [0.25, 0.3) is 5.56 Å². The molecule has 0 amide bonds. The fourth-order valence-electron chi connectivity index (χ4n) is 3.59. The number of thiophene rings is 1. The molecule has 1 saturated carbocycles. The summed E-state index contributed by atoms with van der Waals surface area (Å²) in [5, 5.41) is 10.5. The fourth-order valence-corrected chi connectivity index (χ4v) is 4.65. The van der Waals surface area contributed by atoms with E-state index in [1.54, 1.807) is 6.20 Å². The zero-order valence-electron chi connectivity index (χ0n) is 12.7. The molecule has 4 heterocycles. The van der Waals surface area contributed by atoms with Crippen LogP contribution < -0.4 is 10.9 Å². The molecular weight excluding hydrogens is 310 g/mol. The van der Waals surface area contributed by atoms with Gasteiger partial charge >= 0.3 is 0 Å². The number of piperidine rings is 1. The van der Waals surface area contributed by atoms with Crippen LogP contribution in [-0.4, -0.2) is 26.7 Å². The second-order valence-corrected chi connectivity index (χ2v) is 7.69. The summed E-state index contributed by atoms with van der Waals surface area (Å²) in [5.74, 6) is 2.44. The average Bonchev–Trinajstić information content (AvgIpc) is 2.98. The Labute approximate surface area is 136 Å². The Hall–Kier alpha value is -1.99. The van der Waals surface area contributed by atoms with E-state index in [1.165, 1.54) is 17.8 Å². The van der Waals surface area contributed by atoms with Gasteiger partial charge in [0.2, 0.25) is 0 Å². The van der Waals surface area contributed by atoms with Gasteiger partial charge in [-0.3, -0.25) is 9.89 Å². The lowest BCUT2D eigenvalue weighted by Gasteiger charge is -2.21. The van der Waals surface area contributed by atoms with Gasteiger partial charge < -0.3 is 10.3 Å². The van der Waals surface area contributed by atoms with Crippen LogP contribution in [0.2, 0.25) is 0 Å². The first-order chi connectivity index (χ1) is 11.2. The maximum atomic E-state index is 12.5. The topological polar surface area (TPSA) is 86.5 Å². The van der Waals surface area contributed by atoms with Crippen molar-refractivity contribution >= 4 is 21.6 Å². The van der Waals surface area contributed by atoms with Crippen molar-refractivity contribution in [1.82, 2.24) is 25.5 Å². The predicted octanol–water partition coefficient (Wildman–Crippen LogP) is 2.35. The highest BCUT2D eigenvalue weighted by Gasteiger charge is 2.42. The maximum absolute atomic E-state index is 12.5. The molecule has 2 aliphatic rings. The van der Waals surface area contributed by atoms with Crippen LogP contribution >= 0.6 is 11.3 Å². The number of nitrogens with one attached hydrogen (secondary N) is 3. The minimum Gasteiger partial charge on any atom is -0.308 e. The molecule has 118 valence electrons. The van der Waals surface area contributed by atoms with E-state index in [0.717, 1.165) is 52.3 Å². The number of aromatic nitrogens is 4. The summed E-state index contributed by atoms with van der Waals surface area (Å²) in [6, 6.07) is 2.18. The number of fused-ring (bicyclic) bond motifs is 2. The van der Waals surface area contributed by atoms with Gasteiger partial charge in [-0.15, -0.1) is 11.3 Å². The number of hydrogen-bond donors (Lipinski definition) is 3. The summed E-state index contributed by atoms with van der Waals surface area (Å²) < 4.78 is 0.685. The van der Waals surface area contributed by atoms with Gasteiger partial charge in [-0.1, -0.05) is 0 Å². The molecule has 7 heteroatoms. The van der Waals surface area contributed by atoms with Crippen molar-refractivity contribution in [3.63, 3.8) is 0 Å². The van der Waals surface area contributed by atoms with Crippen molar-refractivity contribution in [3.8, 4) is 10.4 Å². The van der Waals surface area contributed by atoms with E-state index in [-0.39, 0.29) is 11.6 Å². The van der Waals surface area contributed by atoms with Crippen molar-refractivity contribution < 1.29 is 0 Å². The van der Waals surface area contributed by atoms with Crippen LogP contribution in [0, 0.1) is 18.8 Å². The number of rotatable bonds is 2. The third-order valence-electron chi connectivity index (χ3n) is 5.06. The second-order valence-electron chi connectivity index (χ2n) is 6.64. The van der Waals surface area contributed by atoms with Gasteiger partial charge in [0, 0.05) is 16.1 Å². The molecule has 3 atom stereocenters. The molecule has 0 aromatic carbocycles. The third-order valence-corrected chi connectivity index (χ3v) is 6.22. The molecule has 5 rings (SSSR count). The largest absolute Gasteiger partial charge is 0.308 e. The first-order valence-electron chi connectivity index (χ1n) is 7.96. The highest BCUT2D eigenvalue weighted by atomic mass is 32.1. The summed E-state index contributed by atoms with van der Waals surface area (Å²) in [5.41, 5.74) is 2.78. The molecule has 2 unspecified atom stereocenters. The summed E-state index contributed by atoms with van der Waals surface area (Å²) in [7, 11) is 0. The lowest BCUT2D eigenvalue weighted by molar-refractivity contribution is 0.381. The van der Waals surface area contributed by atoms with Crippen molar-refractivity contribution in [2.24, 2.45) is 11.8 Å². The summed E-state index contributed by atoms with van der Waals surface area (Å²) in [4.78, 5) is 21.2. The molecule has 0 radical (unpaired) electrons. The molecule has 2 fully saturated rings. The number of hydrogen-bond acceptors (Lipinski definition) is 5. The number of aromatic amines is 2. The van der Waals surface area contributed by atoms with Gasteiger partial charge in [-0.2, -0.15) is 5.10 Å². The average molecular weight is 327 g/mol. The Morgan fingerprint density at radius 1 is 1.30 bits per heavy atom. The van der Waals surface area contributed by atoms with Crippen LogP contribution in [0.5, 0.6) is 0 Å². The monoisotopic (exact) mass is 327 g/mol. The van der Waals surface area contributed by atoms with E-state index in [4.69, 9.17) is 4.98 Å². The van der Waals surface area contributed by atoms with Crippen LogP contribution in [-0.2, 0) is 0 Å². The van der Waals surface area contributed by atoms with Crippen LogP contribution in [0.15, 0.2) is 17.1 Å². The molecule has 23 heavy (non-hydrogen) atoms. The van der Waals surface area contributed by atoms with Crippen molar-refractivity contribution in [3.05, 3.63) is 34.1 Å². The normalized spacial score (nSPS) is 26.4. The number of nitrogens with zero attached hydrogens (tertiary/aromatic N) is 2. The molecule has 1 saturated heterocycles. The summed E-state index contributed by atoms with van der Waals surface area (Å²) in [6.07, 6.45) is 4.19. The van der Waals surface area contributed by atoms with Crippen LogP contribution in [0.1, 0.15) is 30.4 Å². The minimum atomic E-state index is -0.0397. The van der Waals surface area contributed by atoms with Crippen molar-refractivity contribution in [2.45, 2.75) is 25.8 Å². The molecule has 1 aliphatic heterocycles. The molecule has 0 bridgehead atoms. The highest BCUT2D eigenvalue weighted by Crippen LogP contribution is 2.47.